The van der Waals surface area contributed by atoms with Crippen molar-refractivity contribution in [2.45, 2.75) is 0 Å². The molecule has 1 heterocycles. The Bertz CT molecular complexity index is 1040. The van der Waals surface area contributed by atoms with Crippen LogP contribution in [-0.4, -0.2) is 35.8 Å². The Balaban J connectivity index is 1.66. The molecule has 3 aromatic rings. The Morgan fingerprint density at radius 2 is 1.85 bits per heavy atom. The van der Waals surface area contributed by atoms with Crippen LogP contribution in [0.15, 0.2) is 57.8 Å². The second kappa shape index (κ2) is 7.10. The fourth-order valence-electron chi connectivity index (χ4n) is 2.38. The summed E-state index contributed by atoms with van der Waals surface area (Å²) >= 11 is 0. The minimum atomic E-state index is -0.542. The van der Waals surface area contributed by atoms with E-state index in [2.05, 4.69) is 10.3 Å². The van der Waals surface area contributed by atoms with E-state index >= 15 is 0 Å². The van der Waals surface area contributed by atoms with E-state index in [-0.39, 0.29) is 11.8 Å². The molecule has 2 aromatic carbocycles. The van der Waals surface area contributed by atoms with Gasteiger partial charge in [0.05, 0.1) is 5.52 Å². The fraction of sp³-hybridized carbons (Fsp3) is 0.105. The summed E-state index contributed by atoms with van der Waals surface area (Å²) in [5, 5.41) is 2.71. The van der Waals surface area contributed by atoms with Gasteiger partial charge in [-0.15, -0.1) is 0 Å². The number of hydrogen-bond acceptors (Lipinski definition) is 4. The van der Waals surface area contributed by atoms with E-state index in [1.165, 1.54) is 11.0 Å². The van der Waals surface area contributed by atoms with Crippen molar-refractivity contribution in [3.8, 4) is 0 Å². The van der Waals surface area contributed by atoms with Gasteiger partial charge in [0.25, 0.3) is 5.91 Å². The summed E-state index contributed by atoms with van der Waals surface area (Å²) < 4.78 is 4.91. The maximum Gasteiger partial charge on any atom is 0.417 e. The van der Waals surface area contributed by atoms with Crippen molar-refractivity contribution in [1.82, 2.24) is 9.88 Å². The average Bonchev–Trinajstić information content (AvgIpc) is 2.99. The van der Waals surface area contributed by atoms with Gasteiger partial charge in [0.2, 0.25) is 5.91 Å². The van der Waals surface area contributed by atoms with Crippen LogP contribution in [-0.2, 0) is 4.79 Å². The average molecular weight is 351 g/mol. The molecule has 0 unspecified atom stereocenters. The van der Waals surface area contributed by atoms with Crippen molar-refractivity contribution in [3.05, 3.63) is 70.2 Å². The first kappa shape index (κ1) is 17.2. The van der Waals surface area contributed by atoms with Gasteiger partial charge in [-0.25, -0.2) is 4.79 Å². The third-order valence-electron chi connectivity index (χ3n) is 3.68. The molecule has 7 heteroatoms. The van der Waals surface area contributed by atoms with Crippen LogP contribution in [0.3, 0.4) is 0 Å². The quantitative estimate of drug-likeness (QED) is 0.706. The lowest BCUT2D eigenvalue weighted by atomic mass is 10.1. The van der Waals surface area contributed by atoms with Gasteiger partial charge in [-0.1, -0.05) is 12.1 Å². The zero-order valence-electron chi connectivity index (χ0n) is 14.3. The third kappa shape index (κ3) is 3.89. The number of nitrogens with zero attached hydrogens (tertiary/aromatic N) is 1. The smallest absolute Gasteiger partial charge is 0.408 e. The Labute approximate surface area is 148 Å². The van der Waals surface area contributed by atoms with Gasteiger partial charge in [0, 0.05) is 31.4 Å². The van der Waals surface area contributed by atoms with E-state index in [4.69, 9.17) is 4.42 Å². The van der Waals surface area contributed by atoms with Gasteiger partial charge in [-0.3, -0.25) is 14.6 Å². The van der Waals surface area contributed by atoms with Gasteiger partial charge in [-0.2, -0.15) is 0 Å². The Kier molecular flexibility index (Phi) is 4.70. The van der Waals surface area contributed by atoms with Crippen molar-refractivity contribution in [1.29, 1.82) is 0 Å². The van der Waals surface area contributed by atoms with Crippen LogP contribution in [0.25, 0.3) is 17.2 Å². The molecule has 0 aliphatic carbocycles. The van der Waals surface area contributed by atoms with Gasteiger partial charge in [0.15, 0.2) is 5.58 Å². The normalized spacial score (nSPS) is 11.0. The summed E-state index contributed by atoms with van der Waals surface area (Å²) in [5.41, 5.74) is 2.86. The molecule has 0 atom stereocenters. The Morgan fingerprint density at radius 3 is 2.54 bits per heavy atom. The van der Waals surface area contributed by atoms with E-state index in [1.54, 1.807) is 62.6 Å². The predicted molar refractivity (Wildman–Crippen MR) is 99.0 cm³/mol. The molecule has 7 nitrogen and oxygen atoms in total. The molecule has 0 aliphatic rings. The summed E-state index contributed by atoms with van der Waals surface area (Å²) in [4.78, 5) is 39.0. The summed E-state index contributed by atoms with van der Waals surface area (Å²) in [6.45, 7) is 0. The first-order chi connectivity index (χ1) is 12.4. The number of nitrogens with one attached hydrogen (secondary N) is 2. The van der Waals surface area contributed by atoms with E-state index < -0.39 is 5.76 Å². The molecule has 0 bridgehead atoms. The number of H-pyrrole nitrogens is 1. The summed E-state index contributed by atoms with van der Waals surface area (Å²) in [5.74, 6) is -0.936. The van der Waals surface area contributed by atoms with E-state index in [1.807, 2.05) is 0 Å². The molecule has 0 fully saturated rings. The fourth-order valence-corrected chi connectivity index (χ4v) is 2.38. The highest BCUT2D eigenvalue weighted by Gasteiger charge is 2.07. The molecule has 2 amide bonds. The van der Waals surface area contributed by atoms with Crippen LogP contribution < -0.4 is 11.1 Å². The number of benzene rings is 2. The molecule has 0 spiro atoms. The van der Waals surface area contributed by atoms with Crippen LogP contribution in [0, 0.1) is 0 Å². The van der Waals surface area contributed by atoms with Crippen molar-refractivity contribution >= 4 is 34.7 Å². The second-order valence-electron chi connectivity index (χ2n) is 5.87. The number of aromatic amines is 1. The maximum absolute atomic E-state index is 12.0. The largest absolute Gasteiger partial charge is 0.417 e. The minimum absolute atomic E-state index is 0.0778. The zero-order chi connectivity index (χ0) is 18.7. The SMILES string of the molecule is CN(C)C(=O)c1ccc(/C=C/C(=O)Nc2ccc3oc(=O)[nH]c3c2)cc1. The molecule has 0 saturated heterocycles. The summed E-state index contributed by atoms with van der Waals surface area (Å²) in [6.07, 6.45) is 3.04. The van der Waals surface area contributed by atoms with E-state index in [0.717, 1.165) is 5.56 Å². The van der Waals surface area contributed by atoms with E-state index in [9.17, 15) is 14.4 Å². The van der Waals surface area contributed by atoms with Crippen LogP contribution in [0.4, 0.5) is 5.69 Å². The lowest BCUT2D eigenvalue weighted by Gasteiger charge is -2.09. The molecule has 0 radical (unpaired) electrons. The number of amides is 2. The van der Waals surface area contributed by atoms with Gasteiger partial charge < -0.3 is 14.6 Å². The maximum atomic E-state index is 12.0. The molecule has 2 N–H and O–H groups in total. The number of anilines is 1. The number of aromatic nitrogens is 1. The number of hydrogen-bond donors (Lipinski definition) is 2. The number of oxazole rings is 1. The van der Waals surface area contributed by atoms with Crippen LogP contribution in [0.2, 0.25) is 0 Å². The topological polar surface area (TPSA) is 95.4 Å². The number of rotatable bonds is 4. The number of fused-ring (bicyclic) bond motifs is 1. The molecule has 132 valence electrons. The molecule has 3 rings (SSSR count). The first-order valence-corrected chi connectivity index (χ1v) is 7.86. The monoisotopic (exact) mass is 351 g/mol. The molecule has 0 aliphatic heterocycles. The minimum Gasteiger partial charge on any atom is -0.408 e. The zero-order valence-corrected chi connectivity index (χ0v) is 14.3. The highest BCUT2D eigenvalue weighted by molar-refractivity contribution is 6.02. The third-order valence-corrected chi connectivity index (χ3v) is 3.68. The predicted octanol–water partition coefficient (Wildman–Crippen LogP) is 2.47. The number of carbonyl (C=O) groups is 2. The Hall–Kier alpha value is -3.61. The molecule has 1 aromatic heterocycles. The van der Waals surface area contributed by atoms with Crippen molar-refractivity contribution < 1.29 is 14.0 Å². The van der Waals surface area contributed by atoms with Gasteiger partial charge >= 0.3 is 5.76 Å². The highest BCUT2D eigenvalue weighted by Crippen LogP contribution is 2.16. The van der Waals surface area contributed by atoms with Crippen LogP contribution in [0.1, 0.15) is 15.9 Å². The molecular formula is C19H17N3O4. The number of carbonyl (C=O) groups excluding carboxylic acids is 2. The van der Waals surface area contributed by atoms with E-state index in [0.29, 0.717) is 22.4 Å². The molecule has 26 heavy (non-hydrogen) atoms. The van der Waals surface area contributed by atoms with Gasteiger partial charge in [-0.05, 0) is 42.0 Å². The molecular weight excluding hydrogens is 334 g/mol. The van der Waals surface area contributed by atoms with Gasteiger partial charge in [0.1, 0.15) is 0 Å². The summed E-state index contributed by atoms with van der Waals surface area (Å²) in [7, 11) is 3.38. The summed E-state index contributed by atoms with van der Waals surface area (Å²) in [6, 6.07) is 11.8. The lowest BCUT2D eigenvalue weighted by molar-refractivity contribution is -0.111. The lowest BCUT2D eigenvalue weighted by Crippen LogP contribution is -2.21. The van der Waals surface area contributed by atoms with Crippen LogP contribution >= 0.6 is 0 Å². The van der Waals surface area contributed by atoms with Crippen molar-refractivity contribution in [2.24, 2.45) is 0 Å². The first-order valence-electron chi connectivity index (χ1n) is 7.86. The molecule has 0 saturated carbocycles. The second-order valence-corrected chi connectivity index (χ2v) is 5.87. The highest BCUT2D eigenvalue weighted by atomic mass is 16.4. The standard InChI is InChI=1S/C19H17N3O4/c1-22(2)18(24)13-6-3-12(4-7-13)5-10-17(23)20-14-8-9-16-15(11-14)21-19(25)26-16/h3-11H,1-2H3,(H,20,23)(H,21,25)/b10-5+. The van der Waals surface area contributed by atoms with Crippen molar-refractivity contribution in [2.75, 3.05) is 19.4 Å². The van der Waals surface area contributed by atoms with Crippen LogP contribution in [0.5, 0.6) is 0 Å². The van der Waals surface area contributed by atoms with Crippen molar-refractivity contribution in [3.63, 3.8) is 0 Å². The Morgan fingerprint density at radius 1 is 1.12 bits per heavy atom.